The summed E-state index contributed by atoms with van der Waals surface area (Å²) in [4.78, 5) is 11.5. The number of anilines is 1. The highest BCUT2D eigenvalue weighted by Gasteiger charge is 2.04. The molecule has 0 aliphatic carbocycles. The number of benzene rings is 1. The first-order chi connectivity index (χ1) is 8.71. The van der Waals surface area contributed by atoms with E-state index < -0.39 is 0 Å². The highest BCUT2D eigenvalue weighted by Crippen LogP contribution is 2.14. The molecule has 1 rings (SSSR count). The summed E-state index contributed by atoms with van der Waals surface area (Å²) in [6, 6.07) is 8.38. The van der Waals surface area contributed by atoms with Gasteiger partial charge < -0.3 is 5.32 Å². The summed E-state index contributed by atoms with van der Waals surface area (Å²) in [7, 11) is 0. The van der Waals surface area contributed by atoms with Gasteiger partial charge in [0.05, 0.1) is 11.1 Å². The molecule has 0 saturated carbocycles. The number of hydrogen-bond acceptors (Lipinski definition) is 3. The Bertz CT molecular complexity index is 586. The quantitative estimate of drug-likeness (QED) is 0.648. The summed E-state index contributed by atoms with van der Waals surface area (Å²) >= 11 is 0. The fourth-order valence-electron chi connectivity index (χ4n) is 1.25. The van der Waals surface area contributed by atoms with Gasteiger partial charge in [0.1, 0.15) is 12.1 Å². The first-order valence-corrected chi connectivity index (χ1v) is 5.26. The molecule has 4 nitrogen and oxygen atoms in total. The number of allylic oxidation sites excluding steroid dienone is 3. The fourth-order valence-corrected chi connectivity index (χ4v) is 1.25. The SMILES string of the molecule is C/C=C/C=C\C(=O)Nc1ccc(C#N)c(C#N)c1. The minimum atomic E-state index is -0.290. The van der Waals surface area contributed by atoms with Crippen molar-refractivity contribution in [2.24, 2.45) is 0 Å². The fraction of sp³-hybridized carbons (Fsp3) is 0.0714. The lowest BCUT2D eigenvalue weighted by Gasteiger charge is -2.02. The van der Waals surface area contributed by atoms with E-state index in [1.807, 2.05) is 19.1 Å². The average molecular weight is 237 g/mol. The highest BCUT2D eigenvalue weighted by atomic mass is 16.1. The van der Waals surface area contributed by atoms with Crippen molar-refractivity contribution < 1.29 is 4.79 Å². The van der Waals surface area contributed by atoms with E-state index in [0.717, 1.165) is 0 Å². The molecule has 0 fully saturated rings. The van der Waals surface area contributed by atoms with Gasteiger partial charge in [0, 0.05) is 11.8 Å². The molecular formula is C14H11N3O. The Kier molecular flexibility index (Phi) is 4.90. The number of hydrogen-bond donors (Lipinski definition) is 1. The average Bonchev–Trinajstić information content (AvgIpc) is 2.39. The van der Waals surface area contributed by atoms with Crippen LogP contribution < -0.4 is 5.32 Å². The summed E-state index contributed by atoms with van der Waals surface area (Å²) in [5, 5.41) is 20.2. The second-order valence-corrected chi connectivity index (χ2v) is 3.36. The van der Waals surface area contributed by atoms with E-state index in [1.54, 1.807) is 24.3 Å². The van der Waals surface area contributed by atoms with Crippen LogP contribution in [0.2, 0.25) is 0 Å². The molecule has 1 aromatic rings. The lowest BCUT2D eigenvalue weighted by Crippen LogP contribution is -2.07. The first kappa shape index (κ1) is 13.2. The molecular weight excluding hydrogens is 226 g/mol. The normalized spacial score (nSPS) is 10.2. The third kappa shape index (κ3) is 3.62. The maximum absolute atomic E-state index is 11.5. The van der Waals surface area contributed by atoms with Crippen molar-refractivity contribution >= 4 is 11.6 Å². The van der Waals surface area contributed by atoms with Crippen LogP contribution in [0.4, 0.5) is 5.69 Å². The minimum absolute atomic E-state index is 0.243. The predicted molar refractivity (Wildman–Crippen MR) is 68.5 cm³/mol. The number of carbonyl (C=O) groups excluding carboxylic acids is 1. The van der Waals surface area contributed by atoms with Crippen LogP contribution >= 0.6 is 0 Å². The Labute approximate surface area is 105 Å². The molecule has 0 heterocycles. The van der Waals surface area contributed by atoms with E-state index in [1.165, 1.54) is 18.2 Å². The van der Waals surface area contributed by atoms with E-state index in [4.69, 9.17) is 10.5 Å². The van der Waals surface area contributed by atoms with Gasteiger partial charge in [-0.2, -0.15) is 10.5 Å². The summed E-state index contributed by atoms with van der Waals surface area (Å²) in [6.45, 7) is 1.85. The van der Waals surface area contributed by atoms with Crippen LogP contribution in [0.25, 0.3) is 0 Å². The monoisotopic (exact) mass is 237 g/mol. The smallest absolute Gasteiger partial charge is 0.248 e. The molecule has 0 aliphatic rings. The summed E-state index contributed by atoms with van der Waals surface area (Å²) in [6.07, 6.45) is 6.53. The molecule has 0 saturated heterocycles. The Balaban J connectivity index is 2.84. The summed E-state index contributed by atoms with van der Waals surface area (Å²) in [5.74, 6) is -0.290. The van der Waals surface area contributed by atoms with Crippen LogP contribution in [0.1, 0.15) is 18.1 Å². The number of rotatable bonds is 3. The van der Waals surface area contributed by atoms with Gasteiger partial charge in [0.25, 0.3) is 0 Å². The van der Waals surface area contributed by atoms with Crippen LogP contribution in [0.5, 0.6) is 0 Å². The molecule has 1 aromatic carbocycles. The van der Waals surface area contributed by atoms with Crippen molar-refractivity contribution in [3.05, 3.63) is 53.6 Å². The van der Waals surface area contributed by atoms with Gasteiger partial charge in [-0.05, 0) is 25.1 Å². The van der Waals surface area contributed by atoms with Crippen LogP contribution in [0.3, 0.4) is 0 Å². The van der Waals surface area contributed by atoms with Crippen molar-refractivity contribution in [1.29, 1.82) is 10.5 Å². The Morgan fingerprint density at radius 3 is 2.56 bits per heavy atom. The minimum Gasteiger partial charge on any atom is -0.322 e. The van der Waals surface area contributed by atoms with Crippen LogP contribution in [-0.2, 0) is 4.79 Å². The molecule has 0 spiro atoms. The molecule has 0 atom stereocenters. The summed E-state index contributed by atoms with van der Waals surface area (Å²) < 4.78 is 0. The molecule has 0 aliphatic heterocycles. The van der Waals surface area contributed by atoms with E-state index in [-0.39, 0.29) is 11.5 Å². The molecule has 1 amide bonds. The number of carbonyl (C=O) groups is 1. The topological polar surface area (TPSA) is 76.7 Å². The number of amides is 1. The van der Waals surface area contributed by atoms with Gasteiger partial charge in [0.15, 0.2) is 0 Å². The lowest BCUT2D eigenvalue weighted by atomic mass is 10.1. The van der Waals surface area contributed by atoms with Crippen molar-refractivity contribution in [1.82, 2.24) is 0 Å². The molecule has 88 valence electrons. The largest absolute Gasteiger partial charge is 0.322 e. The standard InChI is InChI=1S/C14H11N3O/c1-2-3-4-5-14(18)17-13-7-6-11(9-15)12(8-13)10-16/h2-8H,1H3,(H,17,18)/b3-2+,5-4-. The van der Waals surface area contributed by atoms with Gasteiger partial charge in [-0.3, -0.25) is 4.79 Å². The predicted octanol–water partition coefficient (Wildman–Crippen LogP) is 2.50. The maximum Gasteiger partial charge on any atom is 0.248 e. The van der Waals surface area contributed by atoms with E-state index in [0.29, 0.717) is 11.3 Å². The molecule has 18 heavy (non-hydrogen) atoms. The van der Waals surface area contributed by atoms with Gasteiger partial charge in [-0.1, -0.05) is 18.2 Å². The van der Waals surface area contributed by atoms with E-state index >= 15 is 0 Å². The molecule has 4 heteroatoms. The number of nitriles is 2. The Hall–Kier alpha value is -2.85. The number of nitrogens with zero attached hydrogens (tertiary/aromatic N) is 2. The van der Waals surface area contributed by atoms with Crippen molar-refractivity contribution in [2.75, 3.05) is 5.32 Å². The summed E-state index contributed by atoms with van der Waals surface area (Å²) in [5.41, 5.74) is 1.02. The lowest BCUT2D eigenvalue weighted by molar-refractivity contribution is -0.111. The second-order valence-electron chi connectivity index (χ2n) is 3.36. The maximum atomic E-state index is 11.5. The Morgan fingerprint density at radius 1 is 1.22 bits per heavy atom. The zero-order valence-electron chi connectivity index (χ0n) is 9.84. The Morgan fingerprint density at radius 2 is 1.94 bits per heavy atom. The van der Waals surface area contributed by atoms with E-state index in [9.17, 15) is 4.79 Å². The van der Waals surface area contributed by atoms with Crippen molar-refractivity contribution in [3.8, 4) is 12.1 Å². The van der Waals surface area contributed by atoms with Crippen LogP contribution in [0, 0.1) is 22.7 Å². The molecule has 0 aromatic heterocycles. The second kappa shape index (κ2) is 6.67. The third-order valence-electron chi connectivity index (χ3n) is 2.08. The highest BCUT2D eigenvalue weighted by molar-refractivity contribution is 5.99. The molecule has 0 unspecified atom stereocenters. The van der Waals surface area contributed by atoms with Crippen molar-refractivity contribution in [2.45, 2.75) is 6.92 Å². The molecule has 0 radical (unpaired) electrons. The van der Waals surface area contributed by atoms with Gasteiger partial charge >= 0.3 is 0 Å². The van der Waals surface area contributed by atoms with Gasteiger partial charge in [-0.25, -0.2) is 0 Å². The van der Waals surface area contributed by atoms with Crippen LogP contribution in [0.15, 0.2) is 42.5 Å². The zero-order valence-corrected chi connectivity index (χ0v) is 9.84. The molecule has 0 bridgehead atoms. The van der Waals surface area contributed by atoms with Gasteiger partial charge in [0.2, 0.25) is 5.91 Å². The molecule has 1 N–H and O–H groups in total. The first-order valence-electron chi connectivity index (χ1n) is 5.26. The van der Waals surface area contributed by atoms with Crippen molar-refractivity contribution in [3.63, 3.8) is 0 Å². The van der Waals surface area contributed by atoms with Crippen LogP contribution in [-0.4, -0.2) is 5.91 Å². The third-order valence-corrected chi connectivity index (χ3v) is 2.08. The number of nitrogens with one attached hydrogen (secondary N) is 1. The zero-order chi connectivity index (χ0) is 13.4. The van der Waals surface area contributed by atoms with Gasteiger partial charge in [-0.15, -0.1) is 0 Å². The van der Waals surface area contributed by atoms with E-state index in [2.05, 4.69) is 5.32 Å².